The van der Waals surface area contributed by atoms with Crippen LogP contribution in [0.25, 0.3) is 33.4 Å². The van der Waals surface area contributed by atoms with Gasteiger partial charge in [-0.1, -0.05) is 28.1 Å². The minimum Gasteiger partial charge on any atom is -0.436 e. The molecule has 10 heteroatoms. The normalized spacial score (nSPS) is 11.7. The van der Waals surface area contributed by atoms with Gasteiger partial charge in [0.25, 0.3) is 11.6 Å². The maximum absolute atomic E-state index is 12.6. The molecule has 0 spiro atoms. The average Bonchev–Trinajstić information content (AvgIpc) is 3.26. The van der Waals surface area contributed by atoms with Gasteiger partial charge in [0.2, 0.25) is 5.55 Å². The Morgan fingerprint density at radius 1 is 1.09 bits per heavy atom. The van der Waals surface area contributed by atoms with Gasteiger partial charge >= 0.3 is 0 Å². The number of imidazole rings is 1. The fourth-order valence-corrected chi connectivity index (χ4v) is 3.71. The molecule has 5 aromatic rings. The van der Waals surface area contributed by atoms with Crippen molar-refractivity contribution in [3.8, 4) is 11.4 Å². The number of amides is 1. The minimum absolute atomic E-state index is 0.105. The lowest BCUT2D eigenvalue weighted by Crippen LogP contribution is -2.22. The van der Waals surface area contributed by atoms with Crippen LogP contribution in [-0.2, 0) is 0 Å². The topological polar surface area (TPSA) is 126 Å². The summed E-state index contributed by atoms with van der Waals surface area (Å²) in [5, 5.41) is 15.8. The van der Waals surface area contributed by atoms with Crippen molar-refractivity contribution >= 4 is 49.5 Å². The van der Waals surface area contributed by atoms with Crippen molar-refractivity contribution < 1.29 is 14.1 Å². The van der Waals surface area contributed by atoms with Gasteiger partial charge in [0.15, 0.2) is 0 Å². The molecule has 162 valence electrons. The second-order valence-corrected chi connectivity index (χ2v) is 8.02. The van der Waals surface area contributed by atoms with Gasteiger partial charge in [-0.3, -0.25) is 14.9 Å². The molecule has 0 unspecified atom stereocenters. The molecule has 0 bridgehead atoms. The van der Waals surface area contributed by atoms with Crippen molar-refractivity contribution in [3.05, 3.63) is 98.5 Å². The number of nitro groups is 1. The molecule has 0 saturated carbocycles. The lowest BCUT2D eigenvalue weighted by Gasteiger charge is -2.04. The molecule has 33 heavy (non-hydrogen) atoms. The third-order valence-electron chi connectivity index (χ3n) is 4.95. The van der Waals surface area contributed by atoms with E-state index in [0.717, 1.165) is 20.9 Å². The number of hydrogen-bond acceptors (Lipinski definition) is 6. The van der Waals surface area contributed by atoms with Crippen LogP contribution < -0.4 is 11.0 Å². The standard InChI is InChI=1S/C23H14BrN5O4/c24-15-7-10-20-14(11-15)12-17(21-25-18-3-1-2-4-19(18)26-21)23(33-20)28-27-22(30)13-5-8-16(9-6-13)29(31)32/h1-12H,(H,25,26)(H,27,30)/b28-23+. The quantitative estimate of drug-likeness (QED) is 0.266. The van der Waals surface area contributed by atoms with Gasteiger partial charge in [-0.2, -0.15) is 0 Å². The summed E-state index contributed by atoms with van der Waals surface area (Å²) in [6.45, 7) is 0. The molecule has 2 heterocycles. The number of non-ortho nitro benzene ring substituents is 1. The molecule has 0 saturated heterocycles. The number of nitrogens with one attached hydrogen (secondary N) is 2. The molecule has 2 aromatic heterocycles. The van der Waals surface area contributed by atoms with E-state index in [2.05, 4.69) is 36.4 Å². The van der Waals surface area contributed by atoms with Crippen molar-refractivity contribution in [1.29, 1.82) is 0 Å². The molecule has 1 amide bonds. The van der Waals surface area contributed by atoms with Crippen LogP contribution in [0.2, 0.25) is 0 Å². The Kier molecular flexibility index (Phi) is 5.19. The van der Waals surface area contributed by atoms with Crippen LogP contribution in [0, 0.1) is 10.1 Å². The molecule has 9 nitrogen and oxygen atoms in total. The van der Waals surface area contributed by atoms with Gasteiger partial charge in [-0.15, -0.1) is 5.10 Å². The number of rotatable bonds is 4. The fraction of sp³-hybridized carbons (Fsp3) is 0. The first kappa shape index (κ1) is 20.6. The second-order valence-electron chi connectivity index (χ2n) is 7.11. The zero-order chi connectivity index (χ0) is 22.9. The number of nitro benzene ring substituents is 1. The van der Waals surface area contributed by atoms with Crippen LogP contribution >= 0.6 is 15.9 Å². The van der Waals surface area contributed by atoms with Crippen molar-refractivity contribution in [3.63, 3.8) is 0 Å². The number of carbonyl (C=O) groups is 1. The predicted octanol–water partition coefficient (Wildman–Crippen LogP) is 4.89. The predicted molar refractivity (Wildman–Crippen MR) is 125 cm³/mol. The van der Waals surface area contributed by atoms with Gasteiger partial charge in [0.05, 0.1) is 21.5 Å². The van der Waals surface area contributed by atoms with Gasteiger partial charge < -0.3 is 9.40 Å². The van der Waals surface area contributed by atoms with Gasteiger partial charge in [0, 0.05) is 27.6 Å². The third kappa shape index (κ3) is 4.11. The molecular weight excluding hydrogens is 490 g/mol. The van der Waals surface area contributed by atoms with E-state index in [1.807, 2.05) is 42.5 Å². The summed E-state index contributed by atoms with van der Waals surface area (Å²) in [4.78, 5) is 30.7. The molecule has 0 fully saturated rings. The Balaban J connectivity index is 1.59. The number of halogens is 1. The van der Waals surface area contributed by atoms with E-state index in [1.54, 1.807) is 6.07 Å². The van der Waals surface area contributed by atoms with E-state index in [1.165, 1.54) is 24.3 Å². The van der Waals surface area contributed by atoms with E-state index in [-0.39, 0.29) is 16.8 Å². The van der Waals surface area contributed by atoms with Crippen LogP contribution in [0.5, 0.6) is 0 Å². The van der Waals surface area contributed by atoms with Crippen molar-refractivity contribution in [2.75, 3.05) is 0 Å². The minimum atomic E-state index is -0.536. The number of carbonyl (C=O) groups excluding carboxylic acids is 1. The van der Waals surface area contributed by atoms with Gasteiger partial charge in [0.1, 0.15) is 11.4 Å². The summed E-state index contributed by atoms with van der Waals surface area (Å²) < 4.78 is 6.87. The van der Waals surface area contributed by atoms with Gasteiger partial charge in [-0.25, -0.2) is 10.4 Å². The Morgan fingerprint density at radius 3 is 2.64 bits per heavy atom. The van der Waals surface area contributed by atoms with Crippen LogP contribution in [-0.4, -0.2) is 20.8 Å². The zero-order valence-corrected chi connectivity index (χ0v) is 18.4. The summed E-state index contributed by atoms with van der Waals surface area (Å²) in [6, 6.07) is 20.2. The lowest BCUT2D eigenvalue weighted by molar-refractivity contribution is -0.384. The largest absolute Gasteiger partial charge is 0.436 e. The number of H-pyrrole nitrogens is 1. The molecule has 0 aliphatic rings. The van der Waals surface area contributed by atoms with Crippen molar-refractivity contribution in [2.45, 2.75) is 0 Å². The zero-order valence-electron chi connectivity index (χ0n) is 16.8. The fourth-order valence-electron chi connectivity index (χ4n) is 3.34. The average molecular weight is 504 g/mol. The van der Waals surface area contributed by atoms with E-state index in [4.69, 9.17) is 4.42 Å². The number of aromatic amines is 1. The third-order valence-corrected chi connectivity index (χ3v) is 5.45. The van der Waals surface area contributed by atoms with E-state index >= 15 is 0 Å². The highest BCUT2D eigenvalue weighted by molar-refractivity contribution is 9.10. The molecule has 3 aromatic carbocycles. The Bertz CT molecular complexity index is 1570. The smallest absolute Gasteiger partial charge is 0.271 e. The van der Waals surface area contributed by atoms with Crippen LogP contribution in [0.1, 0.15) is 10.4 Å². The van der Waals surface area contributed by atoms with Crippen molar-refractivity contribution in [1.82, 2.24) is 15.4 Å². The molecular formula is C23H14BrN5O4. The monoisotopic (exact) mass is 503 g/mol. The second kappa shape index (κ2) is 8.32. The number of para-hydroxylation sites is 2. The molecule has 2 N–H and O–H groups in total. The van der Waals surface area contributed by atoms with E-state index in [0.29, 0.717) is 17.0 Å². The van der Waals surface area contributed by atoms with Crippen LogP contribution in [0.4, 0.5) is 5.69 Å². The highest BCUT2D eigenvalue weighted by Gasteiger charge is 2.13. The maximum atomic E-state index is 12.6. The first-order valence-corrected chi connectivity index (χ1v) is 10.5. The number of fused-ring (bicyclic) bond motifs is 2. The molecule has 0 aliphatic carbocycles. The number of benzene rings is 3. The summed E-state index contributed by atoms with van der Waals surface area (Å²) >= 11 is 3.46. The summed E-state index contributed by atoms with van der Waals surface area (Å²) in [5.41, 5.74) is 5.48. The molecule has 0 radical (unpaired) electrons. The van der Waals surface area contributed by atoms with Crippen LogP contribution in [0.3, 0.4) is 0 Å². The summed E-state index contributed by atoms with van der Waals surface area (Å²) in [5.74, 6) is -0.00304. The van der Waals surface area contributed by atoms with E-state index < -0.39 is 10.8 Å². The molecule has 0 aliphatic heterocycles. The van der Waals surface area contributed by atoms with Crippen molar-refractivity contribution in [2.24, 2.45) is 5.10 Å². The van der Waals surface area contributed by atoms with Crippen LogP contribution in [0.15, 0.2) is 86.8 Å². The van der Waals surface area contributed by atoms with E-state index in [9.17, 15) is 14.9 Å². The van der Waals surface area contributed by atoms with Gasteiger partial charge in [-0.05, 0) is 48.5 Å². The first-order valence-electron chi connectivity index (χ1n) is 9.75. The summed E-state index contributed by atoms with van der Waals surface area (Å²) in [7, 11) is 0. The number of hydrogen-bond donors (Lipinski definition) is 2. The number of aromatic nitrogens is 2. The summed E-state index contributed by atoms with van der Waals surface area (Å²) in [6.07, 6.45) is 0. The number of nitrogens with zero attached hydrogens (tertiary/aromatic N) is 3. The molecule has 5 rings (SSSR count). The lowest BCUT2D eigenvalue weighted by atomic mass is 10.2. The highest BCUT2D eigenvalue weighted by atomic mass is 79.9. The Hall–Kier alpha value is -4.31. The Morgan fingerprint density at radius 2 is 1.88 bits per heavy atom. The maximum Gasteiger partial charge on any atom is 0.271 e. The highest BCUT2D eigenvalue weighted by Crippen LogP contribution is 2.24. The first-order chi connectivity index (χ1) is 16.0. The SMILES string of the molecule is O=C(N/N=c1/oc2ccc(Br)cc2cc1-c1nc2ccccc2[nH]1)c1ccc([N+](=O)[O-])cc1. The molecule has 0 atom stereocenters. The Labute approximate surface area is 194 Å².